The maximum Gasteiger partial charge on any atom is 0.336 e. The minimum absolute atomic E-state index is 0.352. The van der Waals surface area contributed by atoms with E-state index < -0.39 is 48.3 Å². The Morgan fingerprint density at radius 3 is 2.51 bits per heavy atom. The molecule has 2 aromatic carbocycles. The normalized spacial score (nSPS) is 22.7. The van der Waals surface area contributed by atoms with Crippen LogP contribution in [0.25, 0.3) is 10.8 Å². The molecule has 0 aliphatic heterocycles. The molecule has 0 aromatic heterocycles. The summed E-state index contributed by atoms with van der Waals surface area (Å²) in [4.78, 5) is 34.9. The van der Waals surface area contributed by atoms with Crippen LogP contribution < -0.4 is 10.1 Å². The van der Waals surface area contributed by atoms with E-state index in [9.17, 15) is 24.6 Å². The zero-order valence-electron chi connectivity index (χ0n) is 20.0. The predicted octanol–water partition coefficient (Wildman–Crippen LogP) is 3.67. The summed E-state index contributed by atoms with van der Waals surface area (Å²) in [5.41, 5.74) is -3.58. The van der Waals surface area contributed by atoms with Crippen molar-refractivity contribution in [3.8, 4) is 5.75 Å². The van der Waals surface area contributed by atoms with Gasteiger partial charge < -0.3 is 24.8 Å². The molecule has 0 heterocycles. The van der Waals surface area contributed by atoms with Crippen molar-refractivity contribution in [1.82, 2.24) is 5.32 Å². The maximum absolute atomic E-state index is 12.5. The highest BCUT2D eigenvalue weighted by molar-refractivity contribution is 5.89. The van der Waals surface area contributed by atoms with Crippen molar-refractivity contribution in [2.24, 2.45) is 5.92 Å². The van der Waals surface area contributed by atoms with Crippen molar-refractivity contribution in [3.05, 3.63) is 42.5 Å². The summed E-state index contributed by atoms with van der Waals surface area (Å²) in [5, 5.41) is 33.7. The lowest BCUT2D eigenvalue weighted by Gasteiger charge is -2.43. The van der Waals surface area contributed by atoms with Crippen LogP contribution in [0.4, 0.5) is 0 Å². The summed E-state index contributed by atoms with van der Waals surface area (Å²) < 4.78 is 12.1. The Morgan fingerprint density at radius 2 is 1.86 bits per heavy atom. The molecule has 0 amide bonds. The number of nitrogens with one attached hydrogen (secondary N) is 1. The van der Waals surface area contributed by atoms with E-state index in [0.717, 1.165) is 23.6 Å². The van der Waals surface area contributed by atoms with Gasteiger partial charge in [0.25, 0.3) is 0 Å². The summed E-state index contributed by atoms with van der Waals surface area (Å²) in [6.45, 7) is 3.93. The van der Waals surface area contributed by atoms with Gasteiger partial charge in [-0.25, -0.2) is 10.1 Å². The van der Waals surface area contributed by atoms with E-state index in [4.69, 9.17) is 14.6 Å². The van der Waals surface area contributed by atoms with Gasteiger partial charge in [0.1, 0.15) is 5.75 Å². The Labute approximate surface area is 204 Å². The molecule has 0 radical (unpaired) electrons. The van der Waals surface area contributed by atoms with Gasteiger partial charge in [0, 0.05) is 18.2 Å². The number of esters is 1. The summed E-state index contributed by atoms with van der Waals surface area (Å²) >= 11 is 0. The van der Waals surface area contributed by atoms with Gasteiger partial charge in [-0.3, -0.25) is 9.59 Å². The third kappa shape index (κ3) is 6.70. The molecule has 9 heteroatoms. The topological polar surface area (TPSA) is 142 Å². The smallest absolute Gasteiger partial charge is 0.336 e. The van der Waals surface area contributed by atoms with Crippen molar-refractivity contribution in [1.29, 1.82) is 0 Å². The summed E-state index contributed by atoms with van der Waals surface area (Å²) in [6, 6.07) is 13.7. The van der Waals surface area contributed by atoms with Crippen LogP contribution in [0.5, 0.6) is 5.75 Å². The standard InChI is InChI=1S/C26H33NO8/c1-3-21(34-23(30)16-25(33,24(31)32)15-22(28)29)27-26(13-7-8-17(2)14-26)35-20-12-6-10-18-9-4-5-11-19(18)20/h4-6,9-12,17,21,27,33H,3,7-8,13-16H2,1-2H3,(H,28,29)(H,31,32). The number of fused-ring (bicyclic) bond motifs is 1. The first-order valence-electron chi connectivity index (χ1n) is 11.9. The van der Waals surface area contributed by atoms with Gasteiger partial charge in [-0.2, -0.15) is 0 Å². The minimum atomic E-state index is -2.75. The molecule has 2 aromatic rings. The molecule has 35 heavy (non-hydrogen) atoms. The van der Waals surface area contributed by atoms with Crippen molar-refractivity contribution < 1.29 is 39.2 Å². The van der Waals surface area contributed by atoms with Gasteiger partial charge in [-0.1, -0.05) is 56.7 Å². The molecule has 4 atom stereocenters. The lowest BCUT2D eigenvalue weighted by atomic mass is 9.83. The molecule has 1 fully saturated rings. The van der Waals surface area contributed by atoms with Gasteiger partial charge >= 0.3 is 17.9 Å². The number of carboxylic acid groups (broad SMARTS) is 2. The molecule has 0 bridgehead atoms. The number of rotatable bonds is 11. The van der Waals surface area contributed by atoms with E-state index in [0.29, 0.717) is 30.9 Å². The zero-order valence-corrected chi connectivity index (χ0v) is 20.0. The molecule has 0 spiro atoms. The number of carbonyl (C=O) groups excluding carboxylic acids is 1. The predicted molar refractivity (Wildman–Crippen MR) is 128 cm³/mol. The Balaban J connectivity index is 1.80. The second-order valence-corrected chi connectivity index (χ2v) is 9.39. The zero-order chi connectivity index (χ0) is 25.6. The van der Waals surface area contributed by atoms with Crippen molar-refractivity contribution in [2.45, 2.75) is 76.3 Å². The van der Waals surface area contributed by atoms with E-state index in [2.05, 4.69) is 12.2 Å². The van der Waals surface area contributed by atoms with Crippen molar-refractivity contribution in [2.75, 3.05) is 0 Å². The molecule has 1 saturated carbocycles. The minimum Gasteiger partial charge on any atom is -0.481 e. The Hall–Kier alpha value is -3.17. The number of hydrogen-bond acceptors (Lipinski definition) is 7. The largest absolute Gasteiger partial charge is 0.481 e. The number of hydrogen-bond donors (Lipinski definition) is 4. The second-order valence-electron chi connectivity index (χ2n) is 9.39. The quantitative estimate of drug-likeness (QED) is 0.276. The van der Waals surface area contributed by atoms with E-state index in [-0.39, 0.29) is 0 Å². The lowest BCUT2D eigenvalue weighted by Crippen LogP contribution is -2.58. The lowest BCUT2D eigenvalue weighted by molar-refractivity contribution is -0.176. The average Bonchev–Trinajstić information content (AvgIpc) is 2.78. The van der Waals surface area contributed by atoms with Gasteiger partial charge in [-0.05, 0) is 30.2 Å². The molecule has 1 aliphatic carbocycles. The highest BCUT2D eigenvalue weighted by atomic mass is 16.6. The van der Waals surface area contributed by atoms with Crippen LogP contribution in [0.2, 0.25) is 0 Å². The third-order valence-electron chi connectivity index (χ3n) is 6.36. The maximum atomic E-state index is 12.5. The van der Waals surface area contributed by atoms with Crippen LogP contribution in [0.15, 0.2) is 42.5 Å². The molecule has 0 saturated heterocycles. The average molecular weight is 488 g/mol. The highest BCUT2D eigenvalue weighted by Crippen LogP contribution is 2.37. The van der Waals surface area contributed by atoms with Gasteiger partial charge in [-0.15, -0.1) is 0 Å². The SMILES string of the molecule is CCC(NC1(Oc2cccc3ccccc23)CCCC(C)C1)OC(=O)CC(O)(CC(=O)O)C(=O)O. The first kappa shape index (κ1) is 26.4. The van der Waals surface area contributed by atoms with Crippen LogP contribution in [-0.4, -0.2) is 50.8 Å². The Kier molecular flexibility index (Phi) is 8.34. The molecule has 9 nitrogen and oxygen atoms in total. The Bertz CT molecular complexity index is 1070. The van der Waals surface area contributed by atoms with Crippen molar-refractivity contribution >= 4 is 28.7 Å². The number of aliphatic carboxylic acids is 2. The molecule has 3 rings (SSSR count). The van der Waals surface area contributed by atoms with Crippen LogP contribution in [0, 0.1) is 5.92 Å². The first-order chi connectivity index (χ1) is 16.6. The monoisotopic (exact) mass is 487 g/mol. The molecular formula is C26H33NO8. The molecule has 4 N–H and O–H groups in total. The summed E-state index contributed by atoms with van der Waals surface area (Å²) in [5.74, 6) is -3.29. The molecular weight excluding hydrogens is 454 g/mol. The Morgan fingerprint density at radius 1 is 1.14 bits per heavy atom. The molecule has 4 unspecified atom stereocenters. The van der Waals surface area contributed by atoms with E-state index in [1.807, 2.05) is 42.5 Å². The van der Waals surface area contributed by atoms with Crippen LogP contribution in [-0.2, 0) is 19.1 Å². The third-order valence-corrected chi connectivity index (χ3v) is 6.36. The van der Waals surface area contributed by atoms with Gasteiger partial charge in [0.2, 0.25) is 0 Å². The van der Waals surface area contributed by atoms with Gasteiger partial charge in [0.15, 0.2) is 17.6 Å². The summed E-state index contributed by atoms with van der Waals surface area (Å²) in [7, 11) is 0. The molecule has 1 aliphatic rings. The number of aliphatic hydroxyl groups is 1. The fourth-order valence-corrected chi connectivity index (χ4v) is 4.66. The molecule has 190 valence electrons. The van der Waals surface area contributed by atoms with Crippen LogP contribution in [0.1, 0.15) is 58.8 Å². The first-order valence-corrected chi connectivity index (χ1v) is 11.9. The van der Waals surface area contributed by atoms with Crippen LogP contribution >= 0.6 is 0 Å². The number of carboxylic acids is 2. The number of benzene rings is 2. The van der Waals surface area contributed by atoms with Crippen LogP contribution in [0.3, 0.4) is 0 Å². The van der Waals surface area contributed by atoms with E-state index in [1.54, 1.807) is 6.92 Å². The number of carbonyl (C=O) groups is 3. The van der Waals surface area contributed by atoms with Gasteiger partial charge in [0.05, 0.1) is 12.8 Å². The van der Waals surface area contributed by atoms with Crippen molar-refractivity contribution in [3.63, 3.8) is 0 Å². The number of ether oxygens (including phenoxy) is 2. The highest BCUT2D eigenvalue weighted by Gasteiger charge is 2.43. The van der Waals surface area contributed by atoms with E-state index in [1.165, 1.54) is 0 Å². The summed E-state index contributed by atoms with van der Waals surface area (Å²) in [6.07, 6.45) is 0.708. The van der Waals surface area contributed by atoms with E-state index >= 15 is 0 Å². The fraction of sp³-hybridized carbons (Fsp3) is 0.500. The second kappa shape index (κ2) is 11.0. The fourth-order valence-electron chi connectivity index (χ4n) is 4.66.